The van der Waals surface area contributed by atoms with Gasteiger partial charge >= 0.3 is 0 Å². The minimum absolute atomic E-state index is 0.0452. The van der Waals surface area contributed by atoms with E-state index >= 15 is 0 Å². The molecule has 0 unspecified atom stereocenters. The molecule has 206 valence electrons. The molecule has 0 aliphatic rings. The molecule has 39 heavy (non-hydrogen) atoms. The van der Waals surface area contributed by atoms with Crippen LogP contribution in [0.2, 0.25) is 0 Å². The van der Waals surface area contributed by atoms with Crippen molar-refractivity contribution in [2.75, 3.05) is 10.8 Å². The van der Waals surface area contributed by atoms with E-state index in [1.807, 2.05) is 31.2 Å². The molecule has 0 bridgehead atoms. The van der Waals surface area contributed by atoms with Crippen molar-refractivity contribution in [2.24, 2.45) is 0 Å². The Kier molecular flexibility index (Phi) is 9.42. The van der Waals surface area contributed by atoms with Crippen LogP contribution in [0, 0.1) is 17.0 Å². The summed E-state index contributed by atoms with van der Waals surface area (Å²) in [5, 5.41) is 14.2. The summed E-state index contributed by atoms with van der Waals surface area (Å²) >= 11 is 0. The van der Waals surface area contributed by atoms with Crippen molar-refractivity contribution in [2.45, 2.75) is 51.2 Å². The van der Waals surface area contributed by atoms with Crippen molar-refractivity contribution in [3.05, 3.63) is 100 Å². The summed E-state index contributed by atoms with van der Waals surface area (Å²) in [5.74, 6) is -1.03. The quantitative estimate of drug-likeness (QED) is 0.282. The molecule has 0 saturated carbocycles. The van der Waals surface area contributed by atoms with Gasteiger partial charge < -0.3 is 10.2 Å². The molecule has 3 rings (SSSR count). The first-order valence-electron chi connectivity index (χ1n) is 12.4. The highest BCUT2D eigenvalue weighted by Crippen LogP contribution is 2.27. The molecule has 0 heterocycles. The average Bonchev–Trinajstić information content (AvgIpc) is 2.90. The number of nitrogens with one attached hydrogen (secondary N) is 1. The molecule has 3 aromatic rings. The van der Waals surface area contributed by atoms with Crippen LogP contribution >= 0.6 is 0 Å². The highest BCUT2D eigenvalue weighted by molar-refractivity contribution is 7.92. The van der Waals surface area contributed by atoms with Gasteiger partial charge in [-0.3, -0.25) is 24.0 Å². The highest BCUT2D eigenvalue weighted by Gasteiger charge is 2.33. The number of non-ortho nitro benzene ring substituents is 1. The van der Waals surface area contributed by atoms with Gasteiger partial charge in [0.2, 0.25) is 11.8 Å². The van der Waals surface area contributed by atoms with Crippen LogP contribution in [-0.2, 0) is 26.2 Å². The zero-order chi connectivity index (χ0) is 28.7. The summed E-state index contributed by atoms with van der Waals surface area (Å²) in [4.78, 5) is 38.8. The van der Waals surface area contributed by atoms with E-state index in [4.69, 9.17) is 0 Å². The van der Waals surface area contributed by atoms with Crippen LogP contribution in [0.3, 0.4) is 0 Å². The Morgan fingerprint density at radius 2 is 1.62 bits per heavy atom. The summed E-state index contributed by atoms with van der Waals surface area (Å²) in [6, 6.07) is 18.9. The van der Waals surface area contributed by atoms with Gasteiger partial charge in [-0.15, -0.1) is 0 Å². The van der Waals surface area contributed by atoms with Gasteiger partial charge in [-0.25, -0.2) is 8.42 Å². The second kappa shape index (κ2) is 12.5. The molecule has 0 fully saturated rings. The first-order valence-corrected chi connectivity index (χ1v) is 13.8. The molecule has 1 N–H and O–H groups in total. The van der Waals surface area contributed by atoms with Crippen LogP contribution in [0.1, 0.15) is 31.9 Å². The van der Waals surface area contributed by atoms with Crippen LogP contribution < -0.4 is 9.62 Å². The SMILES string of the molecule is Cc1cccc(CN(C(=O)CN(c2cccc([N+](=O)[O-])c2)S(=O)(=O)c2ccccc2)[C@@H](C)C(=O)NC(C)C)c1. The molecule has 3 aromatic carbocycles. The van der Waals surface area contributed by atoms with Gasteiger partial charge in [0, 0.05) is 24.7 Å². The molecule has 1 atom stereocenters. The lowest BCUT2D eigenvalue weighted by Crippen LogP contribution is -2.52. The van der Waals surface area contributed by atoms with Gasteiger partial charge in [0.25, 0.3) is 15.7 Å². The minimum Gasteiger partial charge on any atom is -0.352 e. The molecular formula is C28H32N4O6S. The molecule has 0 radical (unpaired) electrons. The number of hydrogen-bond donors (Lipinski definition) is 1. The van der Waals surface area contributed by atoms with Gasteiger partial charge in [-0.2, -0.15) is 0 Å². The van der Waals surface area contributed by atoms with Crippen molar-refractivity contribution in [1.29, 1.82) is 0 Å². The number of anilines is 1. The van der Waals surface area contributed by atoms with E-state index in [9.17, 15) is 28.1 Å². The second-order valence-electron chi connectivity index (χ2n) is 9.45. The smallest absolute Gasteiger partial charge is 0.271 e. The number of rotatable bonds is 11. The number of carbonyl (C=O) groups is 2. The summed E-state index contributed by atoms with van der Waals surface area (Å²) in [5.41, 5.74) is 1.36. The fourth-order valence-corrected chi connectivity index (χ4v) is 5.43. The zero-order valence-electron chi connectivity index (χ0n) is 22.3. The predicted molar refractivity (Wildman–Crippen MR) is 149 cm³/mol. The summed E-state index contributed by atoms with van der Waals surface area (Å²) in [6.45, 7) is 6.46. The number of nitro groups is 1. The predicted octanol–water partition coefficient (Wildman–Crippen LogP) is 4.04. The van der Waals surface area contributed by atoms with Gasteiger partial charge in [0.05, 0.1) is 15.5 Å². The van der Waals surface area contributed by atoms with E-state index in [2.05, 4.69) is 5.32 Å². The third-order valence-electron chi connectivity index (χ3n) is 5.97. The maximum Gasteiger partial charge on any atom is 0.271 e. The standard InChI is InChI=1S/C28H32N4O6S/c1-20(2)29-28(34)22(4)30(18-23-11-8-10-21(3)16-23)27(33)19-31(24-12-9-13-25(17-24)32(35)36)39(37,38)26-14-6-5-7-15-26/h5-17,20,22H,18-19H2,1-4H3,(H,29,34)/t22-/m0/s1. The number of nitro benzene ring substituents is 1. The van der Waals surface area contributed by atoms with Crippen molar-refractivity contribution < 1.29 is 22.9 Å². The fourth-order valence-electron chi connectivity index (χ4n) is 4.01. The third kappa shape index (κ3) is 7.41. The summed E-state index contributed by atoms with van der Waals surface area (Å²) in [6.07, 6.45) is 0. The molecule has 0 spiro atoms. The molecular weight excluding hydrogens is 520 g/mol. The third-order valence-corrected chi connectivity index (χ3v) is 7.76. The van der Waals surface area contributed by atoms with E-state index in [-0.39, 0.29) is 34.8 Å². The Hall–Kier alpha value is -4.25. The molecule has 11 heteroatoms. The Morgan fingerprint density at radius 1 is 0.949 bits per heavy atom. The number of hydrogen-bond acceptors (Lipinski definition) is 6. The largest absolute Gasteiger partial charge is 0.352 e. The van der Waals surface area contributed by atoms with Gasteiger partial charge in [-0.05, 0) is 51.5 Å². The number of amides is 2. The number of aryl methyl sites for hydroxylation is 1. The van der Waals surface area contributed by atoms with E-state index in [0.29, 0.717) is 0 Å². The lowest BCUT2D eigenvalue weighted by Gasteiger charge is -2.32. The summed E-state index contributed by atoms with van der Waals surface area (Å²) < 4.78 is 28.3. The van der Waals surface area contributed by atoms with E-state index < -0.39 is 33.4 Å². The normalized spacial score (nSPS) is 12.0. The van der Waals surface area contributed by atoms with Crippen molar-refractivity contribution in [3.8, 4) is 0 Å². The van der Waals surface area contributed by atoms with Crippen LogP contribution in [0.5, 0.6) is 0 Å². The number of nitrogens with zero attached hydrogens (tertiary/aromatic N) is 3. The van der Waals surface area contributed by atoms with Crippen LogP contribution in [0.25, 0.3) is 0 Å². The first kappa shape index (κ1) is 29.3. The lowest BCUT2D eigenvalue weighted by molar-refractivity contribution is -0.384. The van der Waals surface area contributed by atoms with E-state index in [1.165, 1.54) is 35.2 Å². The number of sulfonamides is 1. The number of carbonyl (C=O) groups excluding carboxylic acids is 2. The van der Waals surface area contributed by atoms with E-state index in [0.717, 1.165) is 21.5 Å². The molecule has 0 aliphatic carbocycles. The maximum atomic E-state index is 13.9. The summed E-state index contributed by atoms with van der Waals surface area (Å²) in [7, 11) is -4.31. The first-order chi connectivity index (χ1) is 18.4. The van der Waals surface area contributed by atoms with Crippen LogP contribution in [0.4, 0.5) is 11.4 Å². The van der Waals surface area contributed by atoms with Gasteiger partial charge in [-0.1, -0.05) is 54.1 Å². The van der Waals surface area contributed by atoms with Crippen molar-refractivity contribution in [1.82, 2.24) is 10.2 Å². The zero-order valence-corrected chi connectivity index (χ0v) is 23.1. The van der Waals surface area contributed by atoms with Gasteiger partial charge in [0.15, 0.2) is 0 Å². The van der Waals surface area contributed by atoms with E-state index in [1.54, 1.807) is 39.0 Å². The minimum atomic E-state index is -4.31. The fraction of sp³-hybridized carbons (Fsp3) is 0.286. The Labute approximate surface area is 228 Å². The molecule has 2 amide bonds. The molecule has 10 nitrogen and oxygen atoms in total. The van der Waals surface area contributed by atoms with Crippen molar-refractivity contribution >= 4 is 33.2 Å². The monoisotopic (exact) mass is 552 g/mol. The number of benzene rings is 3. The molecule has 0 aromatic heterocycles. The highest BCUT2D eigenvalue weighted by atomic mass is 32.2. The lowest BCUT2D eigenvalue weighted by atomic mass is 10.1. The maximum absolute atomic E-state index is 13.9. The Bertz CT molecular complexity index is 1440. The topological polar surface area (TPSA) is 130 Å². The molecule has 0 aliphatic heterocycles. The second-order valence-corrected chi connectivity index (χ2v) is 11.3. The van der Waals surface area contributed by atoms with Crippen molar-refractivity contribution in [3.63, 3.8) is 0 Å². The average molecular weight is 553 g/mol. The molecule has 0 saturated heterocycles. The Morgan fingerprint density at radius 3 is 2.23 bits per heavy atom. The van der Waals surface area contributed by atoms with Crippen LogP contribution in [-0.4, -0.2) is 48.7 Å². The Balaban J connectivity index is 2.07. The van der Waals surface area contributed by atoms with Crippen LogP contribution in [0.15, 0.2) is 83.8 Å². The van der Waals surface area contributed by atoms with Gasteiger partial charge in [0.1, 0.15) is 12.6 Å².